The molecule has 0 radical (unpaired) electrons. The van der Waals surface area contributed by atoms with Crippen LogP contribution in [0.2, 0.25) is 0 Å². The lowest BCUT2D eigenvalue weighted by atomic mass is 10.1. The van der Waals surface area contributed by atoms with Gasteiger partial charge in [-0.25, -0.2) is 4.39 Å². The van der Waals surface area contributed by atoms with Crippen LogP contribution < -0.4 is 21.5 Å². The topological polar surface area (TPSA) is 103 Å². The summed E-state index contributed by atoms with van der Waals surface area (Å²) in [5.74, 6) is -0.438. The Labute approximate surface area is 180 Å². The van der Waals surface area contributed by atoms with Crippen LogP contribution >= 0.6 is 0 Å². The Kier molecular flexibility index (Phi) is 5.81. The van der Waals surface area contributed by atoms with E-state index in [1.807, 2.05) is 35.2 Å². The van der Waals surface area contributed by atoms with Crippen LogP contribution in [0.25, 0.3) is 5.70 Å². The van der Waals surface area contributed by atoms with Crippen LogP contribution in [0.4, 0.5) is 4.39 Å². The quantitative estimate of drug-likeness (QED) is 0.656. The zero-order valence-corrected chi connectivity index (χ0v) is 17.2. The Bertz CT molecular complexity index is 1040. The fourth-order valence-electron chi connectivity index (χ4n) is 3.99. The number of nitrogens with two attached hydrogens (primary N) is 2. The monoisotopic (exact) mass is 424 g/mol. The minimum Gasteiger partial charge on any atom is -0.493 e. The molecule has 0 aromatic heterocycles. The van der Waals surface area contributed by atoms with Gasteiger partial charge in [-0.05, 0) is 23.8 Å². The minimum atomic E-state index is -0.510. The second-order valence-corrected chi connectivity index (χ2v) is 7.53. The lowest BCUT2D eigenvalue weighted by molar-refractivity contribution is -0.125. The van der Waals surface area contributed by atoms with Crippen LogP contribution in [0.3, 0.4) is 0 Å². The highest BCUT2D eigenvalue weighted by Crippen LogP contribution is 2.32. The van der Waals surface area contributed by atoms with Crippen molar-refractivity contribution in [2.24, 2.45) is 11.5 Å². The van der Waals surface area contributed by atoms with Crippen LogP contribution in [0.15, 0.2) is 66.1 Å². The van der Waals surface area contributed by atoms with E-state index >= 15 is 0 Å². The number of hydrogen-bond donors (Lipinski definition) is 3. The molecule has 0 saturated carbocycles. The molecule has 2 heterocycles. The molecule has 8 heteroatoms. The van der Waals surface area contributed by atoms with Crippen molar-refractivity contribution in [3.8, 4) is 5.75 Å². The number of fused-ring (bicyclic) bond motifs is 1. The molecular weight excluding hydrogens is 399 g/mol. The van der Waals surface area contributed by atoms with Crippen molar-refractivity contribution in [3.05, 3.63) is 83.1 Å². The largest absolute Gasteiger partial charge is 0.493 e. The van der Waals surface area contributed by atoms with E-state index in [4.69, 9.17) is 20.9 Å². The van der Waals surface area contributed by atoms with Crippen LogP contribution in [0, 0.1) is 5.82 Å². The van der Waals surface area contributed by atoms with E-state index in [1.54, 1.807) is 18.2 Å². The van der Waals surface area contributed by atoms with Gasteiger partial charge in [0.2, 0.25) is 5.91 Å². The van der Waals surface area contributed by atoms with Crippen molar-refractivity contribution in [1.29, 1.82) is 0 Å². The third-order valence-electron chi connectivity index (χ3n) is 5.51. The van der Waals surface area contributed by atoms with E-state index in [0.717, 1.165) is 5.56 Å². The van der Waals surface area contributed by atoms with Crippen LogP contribution in [-0.2, 0) is 16.1 Å². The van der Waals surface area contributed by atoms with Gasteiger partial charge in [0, 0.05) is 24.2 Å². The number of carbonyl (C=O) groups excluding carboxylic acids is 1. The van der Waals surface area contributed by atoms with Crippen LogP contribution in [-0.4, -0.2) is 36.6 Å². The first-order valence-electron chi connectivity index (χ1n) is 10.0. The molecule has 2 aliphatic rings. The van der Waals surface area contributed by atoms with Crippen molar-refractivity contribution in [3.63, 3.8) is 0 Å². The molecule has 1 fully saturated rings. The Hall–Kier alpha value is -3.52. The predicted octanol–water partition coefficient (Wildman–Crippen LogP) is 2.05. The lowest BCUT2D eigenvalue weighted by Gasteiger charge is -2.32. The lowest BCUT2D eigenvalue weighted by Crippen LogP contribution is -2.50. The van der Waals surface area contributed by atoms with E-state index < -0.39 is 11.9 Å². The third-order valence-corrected chi connectivity index (χ3v) is 5.51. The molecule has 2 atom stereocenters. The molecule has 1 amide bonds. The summed E-state index contributed by atoms with van der Waals surface area (Å²) in [6, 6.07) is 14.0. The van der Waals surface area contributed by atoms with Gasteiger partial charge < -0.3 is 31.2 Å². The van der Waals surface area contributed by atoms with Gasteiger partial charge in [-0.15, -0.1) is 0 Å². The summed E-state index contributed by atoms with van der Waals surface area (Å²) in [7, 11) is 1.38. The molecule has 1 saturated heterocycles. The molecular formula is C23H25FN4O3. The standard InChI is InChI=1S/C23H25FN4O3/c1-30-21-16(8-5-9-17(21)24)18(25)11-19-22(26)27-23(29)20-10-15(12-28(19)20)31-13-14-6-3-2-4-7-14/h2-9,11,15,20H,10,12-13,25-26H2,1H3,(H,27,29)/b18-11-. The molecule has 2 unspecified atom stereocenters. The van der Waals surface area contributed by atoms with Gasteiger partial charge in [0.1, 0.15) is 11.9 Å². The molecule has 162 valence electrons. The average Bonchev–Trinajstić information content (AvgIpc) is 3.20. The number of nitrogens with one attached hydrogen (secondary N) is 1. The zero-order chi connectivity index (χ0) is 22.0. The van der Waals surface area contributed by atoms with E-state index in [2.05, 4.69) is 5.32 Å². The average molecular weight is 424 g/mol. The normalized spacial score (nSPS) is 21.2. The first-order valence-corrected chi connectivity index (χ1v) is 10.0. The number of halogens is 1. The molecule has 2 aromatic rings. The Morgan fingerprint density at radius 3 is 2.77 bits per heavy atom. The number of para-hydroxylation sites is 1. The maximum atomic E-state index is 14.1. The van der Waals surface area contributed by atoms with E-state index in [1.165, 1.54) is 13.2 Å². The first-order chi connectivity index (χ1) is 15.0. The summed E-state index contributed by atoms with van der Waals surface area (Å²) in [5.41, 5.74) is 14.7. The highest BCUT2D eigenvalue weighted by Gasteiger charge is 2.42. The van der Waals surface area contributed by atoms with Gasteiger partial charge in [0.05, 0.1) is 25.5 Å². The van der Waals surface area contributed by atoms with Crippen LogP contribution in [0.1, 0.15) is 17.5 Å². The molecule has 0 spiro atoms. The number of rotatable bonds is 6. The summed E-state index contributed by atoms with van der Waals surface area (Å²) in [6.45, 7) is 0.950. The molecule has 2 aromatic carbocycles. The Morgan fingerprint density at radius 2 is 2.03 bits per heavy atom. The summed E-state index contributed by atoms with van der Waals surface area (Å²) in [6.07, 6.45) is 2.03. The number of benzene rings is 2. The maximum Gasteiger partial charge on any atom is 0.248 e. The fourth-order valence-corrected chi connectivity index (χ4v) is 3.99. The summed E-state index contributed by atoms with van der Waals surface area (Å²) < 4.78 is 25.3. The number of ether oxygens (including phenoxy) is 2. The van der Waals surface area contributed by atoms with Crippen molar-refractivity contribution in [1.82, 2.24) is 10.2 Å². The summed E-state index contributed by atoms with van der Waals surface area (Å²) in [5, 5.41) is 2.71. The van der Waals surface area contributed by atoms with E-state index in [0.29, 0.717) is 30.8 Å². The number of carbonyl (C=O) groups is 1. The highest BCUT2D eigenvalue weighted by atomic mass is 19.1. The van der Waals surface area contributed by atoms with Crippen molar-refractivity contribution < 1.29 is 18.7 Å². The SMILES string of the molecule is COc1c(F)cccc1/C(N)=C/C1=C(N)NC(=O)C2CC(OCc3ccccc3)CN12. The molecule has 4 rings (SSSR count). The van der Waals surface area contributed by atoms with Crippen molar-refractivity contribution in [2.75, 3.05) is 13.7 Å². The molecule has 5 N–H and O–H groups in total. The van der Waals surface area contributed by atoms with Gasteiger partial charge in [-0.1, -0.05) is 36.4 Å². The van der Waals surface area contributed by atoms with Crippen molar-refractivity contribution in [2.45, 2.75) is 25.2 Å². The molecule has 0 aliphatic carbocycles. The summed E-state index contributed by atoms with van der Waals surface area (Å²) in [4.78, 5) is 14.4. The number of methoxy groups -OCH3 is 1. The Morgan fingerprint density at radius 1 is 1.26 bits per heavy atom. The molecule has 0 bridgehead atoms. The number of nitrogens with zero attached hydrogens (tertiary/aromatic N) is 1. The fraction of sp³-hybridized carbons (Fsp3) is 0.261. The van der Waals surface area contributed by atoms with Gasteiger partial charge in [0.15, 0.2) is 11.6 Å². The van der Waals surface area contributed by atoms with E-state index in [9.17, 15) is 9.18 Å². The molecule has 2 aliphatic heterocycles. The number of allylic oxidation sites excluding steroid dienone is 1. The van der Waals surface area contributed by atoms with Gasteiger partial charge in [0.25, 0.3) is 0 Å². The van der Waals surface area contributed by atoms with Gasteiger partial charge >= 0.3 is 0 Å². The van der Waals surface area contributed by atoms with Gasteiger partial charge in [-0.2, -0.15) is 0 Å². The second-order valence-electron chi connectivity index (χ2n) is 7.53. The molecule has 7 nitrogen and oxygen atoms in total. The minimum absolute atomic E-state index is 0.0531. The number of amides is 1. The smallest absolute Gasteiger partial charge is 0.248 e. The van der Waals surface area contributed by atoms with Crippen molar-refractivity contribution >= 4 is 11.6 Å². The maximum absolute atomic E-state index is 14.1. The van der Waals surface area contributed by atoms with Gasteiger partial charge in [-0.3, -0.25) is 4.79 Å². The zero-order valence-electron chi connectivity index (χ0n) is 17.2. The second kappa shape index (κ2) is 8.69. The Balaban J connectivity index is 1.56. The van der Waals surface area contributed by atoms with E-state index in [-0.39, 0.29) is 29.3 Å². The molecule has 31 heavy (non-hydrogen) atoms. The number of hydrogen-bond acceptors (Lipinski definition) is 6. The van der Waals surface area contributed by atoms with Crippen LogP contribution in [0.5, 0.6) is 5.75 Å². The third kappa shape index (κ3) is 4.20. The first kappa shape index (κ1) is 20.7. The predicted molar refractivity (Wildman–Crippen MR) is 115 cm³/mol. The highest BCUT2D eigenvalue weighted by molar-refractivity contribution is 5.86. The summed E-state index contributed by atoms with van der Waals surface area (Å²) >= 11 is 0.